The van der Waals surface area contributed by atoms with Crippen molar-refractivity contribution in [2.75, 3.05) is 6.61 Å². The summed E-state index contributed by atoms with van der Waals surface area (Å²) in [5.41, 5.74) is 0. The van der Waals surface area contributed by atoms with E-state index in [2.05, 4.69) is 62.5 Å². The maximum atomic E-state index is 12.2. The summed E-state index contributed by atoms with van der Waals surface area (Å²) in [5.74, 6) is -0.355. The van der Waals surface area contributed by atoms with Gasteiger partial charge in [0.25, 0.3) is 0 Å². The first-order chi connectivity index (χ1) is 21.6. The van der Waals surface area contributed by atoms with Gasteiger partial charge in [-0.05, 0) is 83.5 Å². The van der Waals surface area contributed by atoms with Gasteiger partial charge in [-0.1, -0.05) is 134 Å². The molecule has 0 fully saturated rings. The molecule has 0 aromatic rings. The number of rotatable bonds is 32. The second-order valence-corrected chi connectivity index (χ2v) is 12.2. The smallest absolute Gasteiger partial charge is 0.306 e. The van der Waals surface area contributed by atoms with Crippen LogP contribution in [0.1, 0.15) is 181 Å². The van der Waals surface area contributed by atoms with Gasteiger partial charge < -0.3 is 9.47 Å². The Morgan fingerprint density at radius 2 is 0.864 bits per heavy atom. The molecule has 0 heterocycles. The summed E-state index contributed by atoms with van der Waals surface area (Å²) < 4.78 is 11.0. The third-order valence-corrected chi connectivity index (χ3v) is 7.85. The lowest BCUT2D eigenvalue weighted by Crippen LogP contribution is -2.24. The van der Waals surface area contributed by atoms with Gasteiger partial charge in [-0.2, -0.15) is 0 Å². The topological polar surface area (TPSA) is 52.6 Å². The minimum Gasteiger partial charge on any atom is -0.462 e. The molecule has 4 nitrogen and oxygen atoms in total. The molecule has 0 radical (unpaired) electrons. The van der Waals surface area contributed by atoms with Gasteiger partial charge in [0.2, 0.25) is 0 Å². The number of allylic oxidation sites excluding steroid dienone is 8. The third-order valence-electron chi connectivity index (χ3n) is 7.85. The molecule has 0 aliphatic rings. The minimum absolute atomic E-state index is 0.170. The summed E-state index contributed by atoms with van der Waals surface area (Å²) in [7, 11) is 0. The van der Waals surface area contributed by atoms with Crippen molar-refractivity contribution >= 4 is 11.9 Å². The molecule has 1 unspecified atom stereocenters. The van der Waals surface area contributed by atoms with Crippen LogP contribution in [0.2, 0.25) is 0 Å². The van der Waals surface area contributed by atoms with Crippen molar-refractivity contribution in [2.45, 2.75) is 187 Å². The van der Waals surface area contributed by atoms with E-state index in [4.69, 9.17) is 9.47 Å². The van der Waals surface area contributed by atoms with Gasteiger partial charge in [-0.3, -0.25) is 9.59 Å². The Balaban J connectivity index is 3.64. The fraction of sp³-hybridized carbons (Fsp3) is 0.750. The molecule has 44 heavy (non-hydrogen) atoms. The van der Waals surface area contributed by atoms with Crippen LogP contribution in [0, 0.1) is 0 Å². The molecular weight excluding hydrogens is 544 g/mol. The number of carbonyl (C=O) groups excluding carboxylic acids is 2. The quantitative estimate of drug-likeness (QED) is 0.0430. The molecule has 0 aliphatic heterocycles. The fourth-order valence-electron chi connectivity index (χ4n) is 4.90. The van der Waals surface area contributed by atoms with E-state index in [1.807, 2.05) is 6.92 Å². The monoisotopic (exact) mass is 615 g/mol. The zero-order chi connectivity index (χ0) is 32.2. The molecule has 0 amide bonds. The van der Waals surface area contributed by atoms with Gasteiger partial charge in [0.1, 0.15) is 12.7 Å². The van der Waals surface area contributed by atoms with Crippen LogP contribution in [0.25, 0.3) is 0 Å². The van der Waals surface area contributed by atoms with Crippen LogP contribution in [0.3, 0.4) is 0 Å². The second-order valence-electron chi connectivity index (χ2n) is 12.2. The van der Waals surface area contributed by atoms with Crippen LogP contribution in [0.4, 0.5) is 0 Å². The highest BCUT2D eigenvalue weighted by Crippen LogP contribution is 2.12. The predicted octanol–water partition coefficient (Wildman–Crippen LogP) is 12.5. The summed E-state index contributed by atoms with van der Waals surface area (Å²) in [6.45, 7) is 6.62. The molecule has 0 bridgehead atoms. The summed E-state index contributed by atoms with van der Waals surface area (Å²) in [4.78, 5) is 24.4. The molecule has 4 heteroatoms. The first-order valence-electron chi connectivity index (χ1n) is 18.6. The molecule has 0 aliphatic carbocycles. The van der Waals surface area contributed by atoms with Crippen LogP contribution in [-0.4, -0.2) is 24.6 Å². The van der Waals surface area contributed by atoms with Crippen LogP contribution in [0.5, 0.6) is 0 Å². The Labute approximate surface area is 273 Å². The SMILES string of the molecule is CCCCCC=CCC=CCCCCCCCC(=O)OCC(CC)OC(=O)CCCCCCCC=CCC=CCCCCC. The van der Waals surface area contributed by atoms with Crippen molar-refractivity contribution in [3.05, 3.63) is 48.6 Å². The lowest BCUT2D eigenvalue weighted by Gasteiger charge is -2.16. The zero-order valence-corrected chi connectivity index (χ0v) is 29.2. The van der Waals surface area contributed by atoms with Gasteiger partial charge in [0, 0.05) is 12.8 Å². The predicted molar refractivity (Wildman–Crippen MR) is 190 cm³/mol. The largest absolute Gasteiger partial charge is 0.462 e. The Hall–Kier alpha value is -2.10. The van der Waals surface area contributed by atoms with E-state index < -0.39 is 0 Å². The van der Waals surface area contributed by atoms with E-state index in [1.165, 1.54) is 77.0 Å². The van der Waals surface area contributed by atoms with Crippen LogP contribution in [-0.2, 0) is 19.1 Å². The summed E-state index contributed by atoms with van der Waals surface area (Å²) >= 11 is 0. The molecule has 0 spiro atoms. The standard InChI is InChI=1S/C40H70O4/c1-4-7-9-11-13-15-17-19-21-23-25-27-29-31-33-35-39(41)43-37-38(6-3)44-40(42)36-34-32-30-28-26-24-22-20-18-16-14-12-10-8-5-2/h13-16,19-22,38H,4-12,17-18,23-37H2,1-3H3. The number of ether oxygens (including phenoxy) is 2. The van der Waals surface area contributed by atoms with E-state index in [-0.39, 0.29) is 24.6 Å². The Morgan fingerprint density at radius 3 is 1.30 bits per heavy atom. The average Bonchev–Trinajstić information content (AvgIpc) is 3.02. The molecule has 0 N–H and O–H groups in total. The van der Waals surface area contributed by atoms with E-state index in [9.17, 15) is 9.59 Å². The van der Waals surface area contributed by atoms with Crippen molar-refractivity contribution in [1.29, 1.82) is 0 Å². The van der Waals surface area contributed by atoms with Crippen LogP contribution >= 0.6 is 0 Å². The van der Waals surface area contributed by atoms with Gasteiger partial charge in [0.15, 0.2) is 0 Å². The first kappa shape index (κ1) is 41.9. The number of unbranched alkanes of at least 4 members (excludes halogenated alkanes) is 16. The number of hydrogen-bond donors (Lipinski definition) is 0. The third kappa shape index (κ3) is 32.8. The molecule has 0 saturated carbocycles. The summed E-state index contributed by atoms with van der Waals surface area (Å²) in [6.07, 6.45) is 45.1. The lowest BCUT2D eigenvalue weighted by atomic mass is 10.1. The molecule has 0 aromatic heterocycles. The molecule has 0 rings (SSSR count). The lowest BCUT2D eigenvalue weighted by molar-refractivity contribution is -0.159. The molecular formula is C40H70O4. The first-order valence-corrected chi connectivity index (χ1v) is 18.6. The molecule has 0 aromatic carbocycles. The Morgan fingerprint density at radius 1 is 0.477 bits per heavy atom. The van der Waals surface area contributed by atoms with Gasteiger partial charge >= 0.3 is 11.9 Å². The van der Waals surface area contributed by atoms with Crippen LogP contribution in [0.15, 0.2) is 48.6 Å². The van der Waals surface area contributed by atoms with Crippen molar-refractivity contribution in [3.8, 4) is 0 Å². The van der Waals surface area contributed by atoms with Crippen molar-refractivity contribution < 1.29 is 19.1 Å². The fourth-order valence-corrected chi connectivity index (χ4v) is 4.90. The second kappa shape index (κ2) is 35.4. The number of carbonyl (C=O) groups is 2. The summed E-state index contributed by atoms with van der Waals surface area (Å²) in [6, 6.07) is 0. The number of esters is 2. The van der Waals surface area contributed by atoms with E-state index in [0.29, 0.717) is 19.3 Å². The highest BCUT2D eigenvalue weighted by Gasteiger charge is 2.15. The zero-order valence-electron chi connectivity index (χ0n) is 29.2. The number of hydrogen-bond acceptors (Lipinski definition) is 4. The highest BCUT2D eigenvalue weighted by atomic mass is 16.6. The maximum absolute atomic E-state index is 12.2. The Kier molecular flexibility index (Phi) is 33.7. The summed E-state index contributed by atoms with van der Waals surface area (Å²) in [5, 5.41) is 0. The molecule has 254 valence electrons. The van der Waals surface area contributed by atoms with E-state index in [1.54, 1.807) is 0 Å². The van der Waals surface area contributed by atoms with Crippen molar-refractivity contribution in [1.82, 2.24) is 0 Å². The Bertz CT molecular complexity index is 748. The van der Waals surface area contributed by atoms with E-state index >= 15 is 0 Å². The van der Waals surface area contributed by atoms with Crippen molar-refractivity contribution in [3.63, 3.8) is 0 Å². The highest BCUT2D eigenvalue weighted by molar-refractivity contribution is 5.70. The molecule has 0 saturated heterocycles. The van der Waals surface area contributed by atoms with Crippen LogP contribution < -0.4 is 0 Å². The van der Waals surface area contributed by atoms with E-state index in [0.717, 1.165) is 64.2 Å². The average molecular weight is 615 g/mol. The van der Waals surface area contributed by atoms with Crippen molar-refractivity contribution in [2.24, 2.45) is 0 Å². The maximum Gasteiger partial charge on any atom is 0.306 e. The van der Waals surface area contributed by atoms with Gasteiger partial charge in [0.05, 0.1) is 0 Å². The normalized spacial score (nSPS) is 12.7. The van der Waals surface area contributed by atoms with Gasteiger partial charge in [-0.15, -0.1) is 0 Å². The molecule has 1 atom stereocenters. The minimum atomic E-state index is -0.339. The van der Waals surface area contributed by atoms with Gasteiger partial charge in [-0.25, -0.2) is 0 Å².